The third kappa shape index (κ3) is 4.53. The molecule has 0 unspecified atom stereocenters. The molecule has 1 aromatic heterocycles. The standard InChI is InChI=1S/C20H19N3O5/c1-13(18(24)21-11-16-5-3-4-6-17(16)26-2)28-20(25)15-9-7-14(8-10-15)19-23-22-12-27-19/h3-10,12-13H,11H2,1-2H3,(H,21,24)/t13-/m0/s1. The van der Waals surface area contributed by atoms with Crippen LogP contribution in [0.1, 0.15) is 22.8 Å². The van der Waals surface area contributed by atoms with E-state index < -0.39 is 18.0 Å². The summed E-state index contributed by atoms with van der Waals surface area (Å²) in [4.78, 5) is 24.5. The lowest BCUT2D eigenvalue weighted by Gasteiger charge is -2.14. The first-order chi connectivity index (χ1) is 13.6. The molecule has 1 amide bonds. The number of carbonyl (C=O) groups is 2. The molecule has 144 valence electrons. The van der Waals surface area contributed by atoms with Crippen LogP contribution >= 0.6 is 0 Å². The number of nitrogens with one attached hydrogen (secondary N) is 1. The second-order valence-electron chi connectivity index (χ2n) is 5.90. The molecule has 1 heterocycles. The van der Waals surface area contributed by atoms with E-state index in [1.807, 2.05) is 24.3 Å². The van der Waals surface area contributed by atoms with Crippen molar-refractivity contribution >= 4 is 11.9 Å². The van der Waals surface area contributed by atoms with Gasteiger partial charge in [-0.2, -0.15) is 0 Å². The summed E-state index contributed by atoms with van der Waals surface area (Å²) in [5, 5.41) is 10.1. The molecule has 28 heavy (non-hydrogen) atoms. The summed E-state index contributed by atoms with van der Waals surface area (Å²) in [7, 11) is 1.56. The molecule has 0 aliphatic heterocycles. The summed E-state index contributed by atoms with van der Waals surface area (Å²) in [5.41, 5.74) is 1.82. The first-order valence-corrected chi connectivity index (χ1v) is 8.55. The topological polar surface area (TPSA) is 104 Å². The van der Waals surface area contributed by atoms with Gasteiger partial charge in [-0.05, 0) is 37.3 Å². The lowest BCUT2D eigenvalue weighted by Crippen LogP contribution is -2.35. The van der Waals surface area contributed by atoms with Crippen LogP contribution in [0, 0.1) is 0 Å². The highest BCUT2D eigenvalue weighted by atomic mass is 16.5. The van der Waals surface area contributed by atoms with Crippen molar-refractivity contribution in [2.45, 2.75) is 19.6 Å². The molecule has 0 radical (unpaired) electrons. The third-order valence-corrected chi connectivity index (χ3v) is 4.03. The molecule has 0 aliphatic carbocycles. The summed E-state index contributed by atoms with van der Waals surface area (Å²) >= 11 is 0. The van der Waals surface area contributed by atoms with Crippen LogP contribution in [0.4, 0.5) is 0 Å². The Morgan fingerprint density at radius 1 is 1.14 bits per heavy atom. The van der Waals surface area contributed by atoms with Crippen LogP contribution in [0.5, 0.6) is 5.75 Å². The average molecular weight is 381 g/mol. The number of hydrogen-bond acceptors (Lipinski definition) is 7. The Kier molecular flexibility index (Phi) is 6.01. The van der Waals surface area contributed by atoms with Crippen LogP contribution < -0.4 is 10.1 Å². The van der Waals surface area contributed by atoms with E-state index in [0.717, 1.165) is 5.56 Å². The van der Waals surface area contributed by atoms with Crippen molar-refractivity contribution in [3.05, 3.63) is 66.1 Å². The number of para-hydroxylation sites is 1. The smallest absolute Gasteiger partial charge is 0.338 e. The molecular formula is C20H19N3O5. The summed E-state index contributed by atoms with van der Waals surface area (Å²) < 4.78 is 15.6. The van der Waals surface area contributed by atoms with Gasteiger partial charge in [0.05, 0.1) is 12.7 Å². The van der Waals surface area contributed by atoms with Gasteiger partial charge < -0.3 is 19.2 Å². The van der Waals surface area contributed by atoms with Gasteiger partial charge in [0.1, 0.15) is 5.75 Å². The van der Waals surface area contributed by atoms with Gasteiger partial charge in [-0.15, -0.1) is 10.2 Å². The van der Waals surface area contributed by atoms with Crippen molar-refractivity contribution in [2.75, 3.05) is 7.11 Å². The van der Waals surface area contributed by atoms with E-state index in [4.69, 9.17) is 13.9 Å². The Bertz CT molecular complexity index is 939. The van der Waals surface area contributed by atoms with Crippen LogP contribution in [0.15, 0.2) is 59.3 Å². The fourth-order valence-corrected chi connectivity index (χ4v) is 2.50. The fraction of sp³-hybridized carbons (Fsp3) is 0.200. The molecule has 2 aromatic carbocycles. The molecule has 0 saturated carbocycles. The monoisotopic (exact) mass is 381 g/mol. The van der Waals surface area contributed by atoms with Gasteiger partial charge in [0, 0.05) is 17.7 Å². The van der Waals surface area contributed by atoms with Gasteiger partial charge in [0.2, 0.25) is 12.3 Å². The van der Waals surface area contributed by atoms with Crippen LogP contribution in [0.2, 0.25) is 0 Å². The maximum atomic E-state index is 12.3. The van der Waals surface area contributed by atoms with E-state index in [1.54, 1.807) is 31.4 Å². The molecule has 0 saturated heterocycles. The zero-order valence-electron chi connectivity index (χ0n) is 15.4. The van der Waals surface area contributed by atoms with Crippen LogP contribution in [-0.4, -0.2) is 35.3 Å². The first-order valence-electron chi connectivity index (χ1n) is 8.55. The first kappa shape index (κ1) is 19.1. The molecule has 0 fully saturated rings. The lowest BCUT2D eigenvalue weighted by molar-refractivity contribution is -0.129. The third-order valence-electron chi connectivity index (χ3n) is 4.03. The van der Waals surface area contributed by atoms with Gasteiger partial charge >= 0.3 is 5.97 Å². The predicted octanol–water partition coefficient (Wildman–Crippen LogP) is 2.61. The minimum atomic E-state index is -0.946. The molecule has 8 nitrogen and oxygen atoms in total. The Balaban J connectivity index is 1.55. The molecule has 8 heteroatoms. The van der Waals surface area contributed by atoms with E-state index in [0.29, 0.717) is 22.8 Å². The van der Waals surface area contributed by atoms with Gasteiger partial charge in [-0.3, -0.25) is 4.79 Å². The van der Waals surface area contributed by atoms with Gasteiger partial charge in [0.25, 0.3) is 5.91 Å². The van der Waals surface area contributed by atoms with Crippen molar-refractivity contribution in [3.63, 3.8) is 0 Å². The molecular weight excluding hydrogens is 362 g/mol. The molecule has 1 atom stereocenters. The van der Waals surface area contributed by atoms with Crippen molar-refractivity contribution in [3.8, 4) is 17.2 Å². The van der Waals surface area contributed by atoms with Crippen LogP contribution in [0.3, 0.4) is 0 Å². The second kappa shape index (κ2) is 8.81. The van der Waals surface area contributed by atoms with Gasteiger partial charge in [-0.1, -0.05) is 18.2 Å². The molecule has 0 spiro atoms. The zero-order valence-corrected chi connectivity index (χ0v) is 15.4. The quantitative estimate of drug-likeness (QED) is 0.627. The summed E-state index contributed by atoms with van der Waals surface area (Å²) in [6.07, 6.45) is 0.279. The van der Waals surface area contributed by atoms with Crippen molar-refractivity contribution in [1.82, 2.24) is 15.5 Å². The average Bonchev–Trinajstić information content (AvgIpc) is 3.27. The number of nitrogens with zero attached hydrogens (tertiary/aromatic N) is 2. The second-order valence-corrected chi connectivity index (χ2v) is 5.90. The van der Waals surface area contributed by atoms with Gasteiger partial charge in [-0.25, -0.2) is 4.79 Å². The van der Waals surface area contributed by atoms with E-state index >= 15 is 0 Å². The number of methoxy groups -OCH3 is 1. The molecule has 0 bridgehead atoms. The SMILES string of the molecule is COc1ccccc1CNC(=O)[C@H](C)OC(=O)c1ccc(-c2nnco2)cc1. The molecule has 3 rings (SSSR count). The largest absolute Gasteiger partial charge is 0.496 e. The zero-order chi connectivity index (χ0) is 19.9. The van der Waals surface area contributed by atoms with E-state index in [2.05, 4.69) is 15.5 Å². The van der Waals surface area contributed by atoms with Crippen LogP contribution in [0.25, 0.3) is 11.5 Å². The Hall–Kier alpha value is -3.68. The number of hydrogen-bond donors (Lipinski definition) is 1. The maximum absolute atomic E-state index is 12.3. The van der Waals surface area contributed by atoms with Crippen molar-refractivity contribution < 1.29 is 23.5 Å². The summed E-state index contributed by atoms with van der Waals surface area (Å²) in [5.74, 6) is 0.0246. The highest BCUT2D eigenvalue weighted by Crippen LogP contribution is 2.18. The summed E-state index contributed by atoms with van der Waals surface area (Å²) in [6.45, 7) is 1.78. The van der Waals surface area contributed by atoms with Gasteiger partial charge in [0.15, 0.2) is 6.10 Å². The van der Waals surface area contributed by atoms with E-state index in [-0.39, 0.29) is 6.54 Å². The molecule has 3 aromatic rings. The molecule has 1 N–H and O–H groups in total. The highest BCUT2D eigenvalue weighted by molar-refractivity contribution is 5.92. The van der Waals surface area contributed by atoms with Crippen molar-refractivity contribution in [1.29, 1.82) is 0 Å². The highest BCUT2D eigenvalue weighted by Gasteiger charge is 2.19. The minimum absolute atomic E-state index is 0.267. The number of amides is 1. The number of rotatable bonds is 7. The molecule has 0 aliphatic rings. The Labute approximate surface area is 161 Å². The number of carbonyl (C=O) groups excluding carboxylic acids is 2. The number of ether oxygens (including phenoxy) is 2. The van der Waals surface area contributed by atoms with E-state index in [1.165, 1.54) is 13.3 Å². The normalized spacial score (nSPS) is 11.5. The Morgan fingerprint density at radius 2 is 1.89 bits per heavy atom. The number of benzene rings is 2. The van der Waals surface area contributed by atoms with Crippen molar-refractivity contribution in [2.24, 2.45) is 0 Å². The summed E-state index contributed by atoms with van der Waals surface area (Å²) in [6, 6.07) is 13.8. The maximum Gasteiger partial charge on any atom is 0.338 e. The van der Waals surface area contributed by atoms with E-state index in [9.17, 15) is 9.59 Å². The predicted molar refractivity (Wildman–Crippen MR) is 99.5 cm³/mol. The number of aromatic nitrogens is 2. The number of esters is 1. The Morgan fingerprint density at radius 3 is 2.57 bits per heavy atom. The lowest BCUT2D eigenvalue weighted by atomic mass is 10.1. The fourth-order valence-electron chi connectivity index (χ4n) is 2.50. The van der Waals surface area contributed by atoms with Crippen LogP contribution in [-0.2, 0) is 16.1 Å². The minimum Gasteiger partial charge on any atom is -0.496 e.